The summed E-state index contributed by atoms with van der Waals surface area (Å²) < 4.78 is 0. The normalized spacial score (nSPS) is 18.8. The number of hydrogen-bond donors (Lipinski definition) is 0. The van der Waals surface area contributed by atoms with Gasteiger partial charge in [-0.15, -0.1) is 0 Å². The predicted octanol–water partition coefficient (Wildman–Crippen LogP) is 2.22. The second-order valence-corrected chi connectivity index (χ2v) is 7.53. The topological polar surface area (TPSA) is 43.9 Å². The maximum absolute atomic E-state index is 12.7. The summed E-state index contributed by atoms with van der Waals surface area (Å²) in [5.41, 5.74) is 1.94. The van der Waals surface area contributed by atoms with Gasteiger partial charge in [0.1, 0.15) is 0 Å². The molecule has 2 amide bonds. The second kappa shape index (κ2) is 8.00. The molecule has 5 heteroatoms. The lowest BCUT2D eigenvalue weighted by Gasteiger charge is -2.36. The van der Waals surface area contributed by atoms with Gasteiger partial charge in [0, 0.05) is 44.2 Å². The summed E-state index contributed by atoms with van der Waals surface area (Å²) >= 11 is 0. The summed E-state index contributed by atoms with van der Waals surface area (Å²) in [4.78, 5) is 31.1. The summed E-state index contributed by atoms with van der Waals surface area (Å²) in [7, 11) is 4.07. The Hall–Kier alpha value is -1.88. The Kier molecular flexibility index (Phi) is 5.74. The molecule has 0 N–H and O–H groups in total. The summed E-state index contributed by atoms with van der Waals surface area (Å²) in [6, 6.07) is 7.87. The van der Waals surface area contributed by atoms with E-state index in [9.17, 15) is 9.59 Å². The van der Waals surface area contributed by atoms with Crippen LogP contribution in [0, 0.1) is 5.92 Å². The van der Waals surface area contributed by atoms with Gasteiger partial charge in [0.15, 0.2) is 0 Å². The SMILES string of the molecule is CN(C)Cc1ccc(C(=O)N2CCN(C(=O)C3CCCC3)CC2)cc1. The highest BCUT2D eigenvalue weighted by Crippen LogP contribution is 2.27. The van der Waals surface area contributed by atoms with Crippen LogP contribution in [0.3, 0.4) is 0 Å². The zero-order valence-electron chi connectivity index (χ0n) is 15.4. The molecule has 1 aromatic carbocycles. The van der Waals surface area contributed by atoms with Crippen molar-refractivity contribution < 1.29 is 9.59 Å². The molecule has 1 aromatic rings. The van der Waals surface area contributed by atoms with E-state index in [1.807, 2.05) is 48.2 Å². The average molecular weight is 343 g/mol. The molecule has 1 saturated heterocycles. The van der Waals surface area contributed by atoms with Crippen LogP contribution in [0.4, 0.5) is 0 Å². The first-order valence-corrected chi connectivity index (χ1v) is 9.36. The van der Waals surface area contributed by atoms with Gasteiger partial charge in [0.25, 0.3) is 5.91 Å². The first-order chi connectivity index (χ1) is 12.0. The number of rotatable bonds is 4. The molecule has 136 valence electrons. The van der Waals surface area contributed by atoms with Crippen LogP contribution in [0.1, 0.15) is 41.6 Å². The Labute approximate surface area is 150 Å². The van der Waals surface area contributed by atoms with Crippen LogP contribution in [0.15, 0.2) is 24.3 Å². The lowest BCUT2D eigenvalue weighted by Crippen LogP contribution is -2.51. The molecule has 0 aromatic heterocycles. The third kappa shape index (κ3) is 4.40. The van der Waals surface area contributed by atoms with E-state index in [0.717, 1.165) is 24.9 Å². The average Bonchev–Trinajstić information content (AvgIpc) is 3.15. The minimum atomic E-state index is 0.0735. The van der Waals surface area contributed by atoms with E-state index < -0.39 is 0 Å². The summed E-state index contributed by atoms with van der Waals surface area (Å²) in [6.45, 7) is 3.48. The lowest BCUT2D eigenvalue weighted by molar-refractivity contribution is -0.136. The van der Waals surface area contributed by atoms with Crippen LogP contribution in [0.25, 0.3) is 0 Å². The second-order valence-electron chi connectivity index (χ2n) is 7.53. The van der Waals surface area contributed by atoms with Gasteiger partial charge in [0.2, 0.25) is 5.91 Å². The van der Waals surface area contributed by atoms with Crippen molar-refractivity contribution >= 4 is 11.8 Å². The fourth-order valence-electron chi connectivity index (χ4n) is 3.86. The summed E-state index contributed by atoms with van der Waals surface area (Å²) in [5.74, 6) is 0.605. The van der Waals surface area contributed by atoms with Crippen molar-refractivity contribution in [1.29, 1.82) is 0 Å². The van der Waals surface area contributed by atoms with Gasteiger partial charge < -0.3 is 14.7 Å². The van der Waals surface area contributed by atoms with Crippen LogP contribution in [0.2, 0.25) is 0 Å². The van der Waals surface area contributed by atoms with Crippen molar-refractivity contribution in [1.82, 2.24) is 14.7 Å². The van der Waals surface area contributed by atoms with Gasteiger partial charge in [-0.3, -0.25) is 9.59 Å². The van der Waals surface area contributed by atoms with Crippen LogP contribution < -0.4 is 0 Å². The first kappa shape index (κ1) is 17.9. The number of piperazine rings is 1. The van der Waals surface area contributed by atoms with Gasteiger partial charge in [0.05, 0.1) is 0 Å². The van der Waals surface area contributed by atoms with Crippen LogP contribution in [-0.4, -0.2) is 66.8 Å². The maximum Gasteiger partial charge on any atom is 0.253 e. The summed E-state index contributed by atoms with van der Waals surface area (Å²) in [5, 5.41) is 0. The minimum absolute atomic E-state index is 0.0735. The van der Waals surface area contributed by atoms with Crippen LogP contribution in [0.5, 0.6) is 0 Å². The van der Waals surface area contributed by atoms with Gasteiger partial charge in [-0.25, -0.2) is 0 Å². The van der Waals surface area contributed by atoms with Crippen LogP contribution >= 0.6 is 0 Å². The van der Waals surface area contributed by atoms with Crippen molar-refractivity contribution in [3.63, 3.8) is 0 Å². The van der Waals surface area contributed by atoms with Gasteiger partial charge in [-0.05, 0) is 44.6 Å². The Morgan fingerprint density at radius 2 is 1.52 bits per heavy atom. The number of nitrogens with zero attached hydrogens (tertiary/aromatic N) is 3. The molecule has 1 aliphatic carbocycles. The molecule has 2 aliphatic rings. The highest BCUT2D eigenvalue weighted by molar-refractivity contribution is 5.94. The fraction of sp³-hybridized carbons (Fsp3) is 0.600. The number of benzene rings is 1. The smallest absolute Gasteiger partial charge is 0.253 e. The molecule has 1 aliphatic heterocycles. The molecular weight excluding hydrogens is 314 g/mol. The quantitative estimate of drug-likeness (QED) is 0.842. The Morgan fingerprint density at radius 3 is 2.08 bits per heavy atom. The highest BCUT2D eigenvalue weighted by atomic mass is 16.2. The number of carbonyl (C=O) groups excluding carboxylic acids is 2. The molecule has 5 nitrogen and oxygen atoms in total. The molecule has 25 heavy (non-hydrogen) atoms. The molecule has 2 fully saturated rings. The zero-order valence-corrected chi connectivity index (χ0v) is 15.4. The van der Waals surface area contributed by atoms with E-state index >= 15 is 0 Å². The fourth-order valence-corrected chi connectivity index (χ4v) is 3.86. The molecule has 0 unspecified atom stereocenters. The van der Waals surface area contributed by atoms with Crippen molar-refractivity contribution in [3.8, 4) is 0 Å². The number of hydrogen-bond acceptors (Lipinski definition) is 3. The summed E-state index contributed by atoms with van der Waals surface area (Å²) in [6.07, 6.45) is 4.44. The number of amides is 2. The Balaban J connectivity index is 1.53. The molecule has 1 saturated carbocycles. The standard InChI is InChI=1S/C20H29N3O2/c1-21(2)15-16-7-9-18(10-8-16)20(25)23-13-11-22(12-14-23)19(24)17-5-3-4-6-17/h7-10,17H,3-6,11-15H2,1-2H3. The zero-order chi connectivity index (χ0) is 17.8. The van der Waals surface area contributed by atoms with Gasteiger partial charge >= 0.3 is 0 Å². The molecule has 3 rings (SSSR count). The largest absolute Gasteiger partial charge is 0.339 e. The van der Waals surface area contributed by atoms with E-state index in [2.05, 4.69) is 4.90 Å². The maximum atomic E-state index is 12.7. The highest BCUT2D eigenvalue weighted by Gasteiger charge is 2.30. The number of carbonyl (C=O) groups is 2. The lowest BCUT2D eigenvalue weighted by atomic mass is 10.1. The van der Waals surface area contributed by atoms with Crippen LogP contribution in [-0.2, 0) is 11.3 Å². The Bertz CT molecular complexity index is 598. The molecule has 0 atom stereocenters. The monoisotopic (exact) mass is 343 g/mol. The molecule has 0 bridgehead atoms. The minimum Gasteiger partial charge on any atom is -0.339 e. The first-order valence-electron chi connectivity index (χ1n) is 9.36. The van der Waals surface area contributed by atoms with Gasteiger partial charge in [-0.1, -0.05) is 25.0 Å². The third-order valence-corrected chi connectivity index (χ3v) is 5.28. The van der Waals surface area contributed by atoms with Crippen molar-refractivity contribution in [2.45, 2.75) is 32.2 Å². The van der Waals surface area contributed by atoms with Crippen molar-refractivity contribution in [3.05, 3.63) is 35.4 Å². The molecular formula is C20H29N3O2. The molecule has 1 heterocycles. The molecule has 0 spiro atoms. The van der Waals surface area contributed by atoms with E-state index in [4.69, 9.17) is 0 Å². The van der Waals surface area contributed by atoms with Crippen molar-refractivity contribution in [2.24, 2.45) is 5.92 Å². The predicted molar refractivity (Wildman–Crippen MR) is 98.3 cm³/mol. The third-order valence-electron chi connectivity index (χ3n) is 5.28. The van der Waals surface area contributed by atoms with E-state index in [-0.39, 0.29) is 11.8 Å². The van der Waals surface area contributed by atoms with Gasteiger partial charge in [-0.2, -0.15) is 0 Å². The van der Waals surface area contributed by atoms with E-state index in [1.165, 1.54) is 18.4 Å². The Morgan fingerprint density at radius 1 is 0.960 bits per heavy atom. The van der Waals surface area contributed by atoms with Crippen molar-refractivity contribution in [2.75, 3.05) is 40.3 Å². The molecule has 0 radical (unpaired) electrons. The van der Waals surface area contributed by atoms with E-state index in [0.29, 0.717) is 32.1 Å². The van der Waals surface area contributed by atoms with E-state index in [1.54, 1.807) is 0 Å².